The van der Waals surface area contributed by atoms with Crippen molar-refractivity contribution in [3.05, 3.63) is 76.3 Å². The summed E-state index contributed by atoms with van der Waals surface area (Å²) >= 11 is 1.45. The van der Waals surface area contributed by atoms with Crippen LogP contribution in [-0.4, -0.2) is 48.7 Å². The van der Waals surface area contributed by atoms with Crippen molar-refractivity contribution in [3.8, 4) is 6.07 Å². The Hall–Kier alpha value is -3.10. The summed E-state index contributed by atoms with van der Waals surface area (Å²) in [7, 11) is -2.37. The van der Waals surface area contributed by atoms with Gasteiger partial charge in [0.25, 0.3) is 5.91 Å². The average molecular weight is 496 g/mol. The van der Waals surface area contributed by atoms with E-state index >= 15 is 0 Å². The van der Waals surface area contributed by atoms with Crippen LogP contribution in [0.2, 0.25) is 0 Å². The number of sulfonamides is 1. The summed E-state index contributed by atoms with van der Waals surface area (Å²) in [5.74, 6) is -0.413. The summed E-state index contributed by atoms with van der Waals surface area (Å²) < 4.78 is 26.6. The molecule has 0 saturated heterocycles. The third-order valence-electron chi connectivity index (χ3n) is 5.62. The first-order valence-electron chi connectivity index (χ1n) is 10.9. The van der Waals surface area contributed by atoms with E-state index in [1.807, 2.05) is 24.3 Å². The molecule has 1 aromatic heterocycles. The van der Waals surface area contributed by atoms with E-state index in [4.69, 9.17) is 5.26 Å². The maximum Gasteiger partial charge on any atom is 0.257 e. The van der Waals surface area contributed by atoms with Crippen molar-refractivity contribution in [2.24, 2.45) is 0 Å². The number of aromatic nitrogens is 1. The number of carbonyl (C=O) groups excluding carboxylic acids is 1. The molecule has 1 aliphatic rings. The molecule has 0 saturated carbocycles. The van der Waals surface area contributed by atoms with Gasteiger partial charge in [-0.05, 0) is 23.8 Å². The largest absolute Gasteiger partial charge is 0.298 e. The van der Waals surface area contributed by atoms with Crippen LogP contribution in [0.4, 0.5) is 5.13 Å². The van der Waals surface area contributed by atoms with Gasteiger partial charge in [-0.2, -0.15) is 9.57 Å². The van der Waals surface area contributed by atoms with Gasteiger partial charge in [0.15, 0.2) is 5.13 Å². The molecule has 1 N–H and O–H groups in total. The van der Waals surface area contributed by atoms with Crippen molar-refractivity contribution in [2.45, 2.75) is 30.8 Å². The van der Waals surface area contributed by atoms with Gasteiger partial charge in [-0.1, -0.05) is 36.4 Å². The highest BCUT2D eigenvalue weighted by molar-refractivity contribution is 7.89. The molecule has 3 aromatic rings. The summed E-state index contributed by atoms with van der Waals surface area (Å²) in [6, 6.07) is 18.1. The molecule has 10 heteroatoms. The molecular weight excluding hydrogens is 470 g/mol. The highest BCUT2D eigenvalue weighted by Crippen LogP contribution is 2.29. The fourth-order valence-corrected chi connectivity index (χ4v) is 6.02. The van der Waals surface area contributed by atoms with Gasteiger partial charge in [0.2, 0.25) is 10.0 Å². The van der Waals surface area contributed by atoms with Crippen molar-refractivity contribution in [2.75, 3.05) is 25.5 Å². The van der Waals surface area contributed by atoms with Gasteiger partial charge in [-0.25, -0.2) is 13.4 Å². The lowest BCUT2D eigenvalue weighted by molar-refractivity contribution is 0.102. The van der Waals surface area contributed by atoms with E-state index in [0.29, 0.717) is 5.13 Å². The predicted molar refractivity (Wildman–Crippen MR) is 131 cm³/mol. The van der Waals surface area contributed by atoms with Crippen LogP contribution in [0.3, 0.4) is 0 Å². The summed E-state index contributed by atoms with van der Waals surface area (Å²) in [6.45, 7) is 2.63. The SMILES string of the molecule is CN(CCC#N)S(=O)(=O)c1cccc(C(=O)Nc2nc3c(s2)CN(Cc2ccccc2)CC3)c1. The number of nitrogens with zero attached hydrogens (tertiary/aromatic N) is 4. The Balaban J connectivity index is 1.43. The molecule has 4 rings (SSSR count). The monoisotopic (exact) mass is 495 g/mol. The topological polar surface area (TPSA) is 106 Å². The van der Waals surface area contributed by atoms with Gasteiger partial charge >= 0.3 is 0 Å². The van der Waals surface area contributed by atoms with Gasteiger partial charge in [0.05, 0.1) is 16.7 Å². The van der Waals surface area contributed by atoms with Crippen molar-refractivity contribution in [3.63, 3.8) is 0 Å². The first-order chi connectivity index (χ1) is 16.4. The standard InChI is InChI=1S/C24H25N5O3S2/c1-28(13-6-12-25)34(31,32)20-10-5-9-19(15-20)23(30)27-24-26-21-11-14-29(17-22(21)33-24)16-18-7-3-2-4-8-18/h2-5,7-10,15H,6,11,13-14,16-17H2,1H3,(H,26,27,30). The van der Waals surface area contributed by atoms with Gasteiger partial charge in [0.1, 0.15) is 0 Å². The zero-order valence-electron chi connectivity index (χ0n) is 18.8. The van der Waals surface area contributed by atoms with E-state index in [1.165, 1.54) is 42.1 Å². The van der Waals surface area contributed by atoms with E-state index in [2.05, 4.69) is 27.3 Å². The number of amides is 1. The van der Waals surface area contributed by atoms with Gasteiger partial charge < -0.3 is 0 Å². The fourth-order valence-electron chi connectivity index (χ4n) is 3.75. The molecule has 2 aromatic carbocycles. The predicted octanol–water partition coefficient (Wildman–Crippen LogP) is 3.49. The first-order valence-corrected chi connectivity index (χ1v) is 13.1. The number of anilines is 1. The molecule has 0 fully saturated rings. The second-order valence-electron chi connectivity index (χ2n) is 8.05. The van der Waals surface area contributed by atoms with Gasteiger partial charge in [-0.15, -0.1) is 11.3 Å². The highest BCUT2D eigenvalue weighted by atomic mass is 32.2. The van der Waals surface area contributed by atoms with Crippen LogP contribution < -0.4 is 5.32 Å². The summed E-state index contributed by atoms with van der Waals surface area (Å²) in [5, 5.41) is 12.0. The van der Waals surface area contributed by atoms with E-state index in [9.17, 15) is 13.2 Å². The Bertz CT molecular complexity index is 1320. The van der Waals surface area contributed by atoms with E-state index in [1.54, 1.807) is 6.07 Å². The highest BCUT2D eigenvalue weighted by Gasteiger charge is 2.24. The van der Waals surface area contributed by atoms with Gasteiger partial charge in [0, 0.05) is 56.5 Å². The molecule has 1 aliphatic heterocycles. The van der Waals surface area contributed by atoms with Gasteiger partial charge in [-0.3, -0.25) is 15.0 Å². The summed E-state index contributed by atoms with van der Waals surface area (Å²) in [6.07, 6.45) is 0.907. The Labute approximate surface area is 203 Å². The molecule has 0 radical (unpaired) electrons. The number of hydrogen-bond acceptors (Lipinski definition) is 7. The van der Waals surface area contributed by atoms with Crippen molar-refractivity contribution in [1.82, 2.24) is 14.2 Å². The van der Waals surface area contributed by atoms with Crippen LogP contribution in [0, 0.1) is 11.3 Å². The minimum absolute atomic E-state index is 0.00979. The number of fused-ring (bicyclic) bond motifs is 1. The van der Waals surface area contributed by atoms with Crippen LogP contribution in [-0.2, 0) is 29.5 Å². The number of nitrogens with one attached hydrogen (secondary N) is 1. The van der Waals surface area contributed by atoms with Crippen molar-refractivity contribution in [1.29, 1.82) is 5.26 Å². The zero-order valence-corrected chi connectivity index (χ0v) is 20.4. The van der Waals surface area contributed by atoms with Crippen LogP contribution >= 0.6 is 11.3 Å². The number of hydrogen-bond donors (Lipinski definition) is 1. The minimum Gasteiger partial charge on any atom is -0.298 e. The van der Waals surface area contributed by atoms with Crippen LogP contribution in [0.5, 0.6) is 0 Å². The average Bonchev–Trinajstić information content (AvgIpc) is 3.24. The second-order valence-corrected chi connectivity index (χ2v) is 11.2. The number of nitriles is 1. The van der Waals surface area contributed by atoms with Crippen LogP contribution in [0.25, 0.3) is 0 Å². The van der Waals surface area contributed by atoms with E-state index in [0.717, 1.165) is 40.9 Å². The lowest BCUT2D eigenvalue weighted by atomic mass is 10.1. The van der Waals surface area contributed by atoms with Crippen LogP contribution in [0.15, 0.2) is 59.5 Å². The Morgan fingerprint density at radius 3 is 2.79 bits per heavy atom. The normalized spacial score (nSPS) is 13.9. The Morgan fingerprint density at radius 1 is 1.24 bits per heavy atom. The number of thiazole rings is 1. The van der Waals surface area contributed by atoms with Crippen molar-refractivity contribution < 1.29 is 13.2 Å². The second kappa shape index (κ2) is 10.4. The number of carbonyl (C=O) groups is 1. The van der Waals surface area contributed by atoms with E-state index < -0.39 is 15.9 Å². The summed E-state index contributed by atoms with van der Waals surface area (Å²) in [5.41, 5.74) is 2.49. The number of rotatable bonds is 8. The molecular formula is C24H25N5O3S2. The lowest BCUT2D eigenvalue weighted by Crippen LogP contribution is -2.29. The third kappa shape index (κ3) is 5.51. The third-order valence-corrected chi connectivity index (χ3v) is 8.47. The zero-order chi connectivity index (χ0) is 24.1. The molecule has 34 heavy (non-hydrogen) atoms. The molecule has 2 heterocycles. The van der Waals surface area contributed by atoms with E-state index in [-0.39, 0.29) is 23.4 Å². The van der Waals surface area contributed by atoms with Crippen molar-refractivity contribution >= 4 is 32.4 Å². The molecule has 8 nitrogen and oxygen atoms in total. The molecule has 0 bridgehead atoms. The molecule has 0 spiro atoms. The lowest BCUT2D eigenvalue weighted by Gasteiger charge is -2.25. The Kier molecular flexibility index (Phi) is 7.38. The molecule has 0 aliphatic carbocycles. The molecule has 0 atom stereocenters. The maximum absolute atomic E-state index is 12.8. The first kappa shape index (κ1) is 24.0. The van der Waals surface area contributed by atoms with Crippen LogP contribution in [0.1, 0.15) is 32.9 Å². The number of benzene rings is 2. The maximum atomic E-state index is 12.8. The summed E-state index contributed by atoms with van der Waals surface area (Å²) in [4.78, 5) is 20.9. The quantitative estimate of drug-likeness (QED) is 0.513. The molecule has 0 unspecified atom stereocenters. The Morgan fingerprint density at radius 2 is 2.03 bits per heavy atom. The molecule has 1 amide bonds. The minimum atomic E-state index is -3.79. The smallest absolute Gasteiger partial charge is 0.257 e. The fraction of sp³-hybridized carbons (Fsp3) is 0.292. The molecule has 176 valence electrons.